The van der Waals surface area contributed by atoms with Crippen molar-refractivity contribution in [1.82, 2.24) is 0 Å². The molecule has 1 unspecified atom stereocenters. The van der Waals surface area contributed by atoms with Crippen LogP contribution in [-0.4, -0.2) is 14.2 Å². The van der Waals surface area contributed by atoms with E-state index in [1.165, 1.54) is 5.56 Å². The molecule has 0 N–H and O–H groups in total. The van der Waals surface area contributed by atoms with Gasteiger partial charge in [0.05, 0.1) is 12.1 Å². The zero-order valence-corrected chi connectivity index (χ0v) is 13.5. The Labute approximate surface area is 131 Å². The predicted octanol–water partition coefficient (Wildman–Crippen LogP) is 5.04. The van der Waals surface area contributed by atoms with E-state index in [0.29, 0.717) is 10.8 Å². The summed E-state index contributed by atoms with van der Waals surface area (Å²) in [6.07, 6.45) is 1.91. The summed E-state index contributed by atoms with van der Waals surface area (Å²) in [4.78, 5) is 0. The number of ether oxygens (including phenoxy) is 2. The van der Waals surface area contributed by atoms with Crippen LogP contribution >= 0.6 is 11.6 Å². The molecule has 0 fully saturated rings. The van der Waals surface area contributed by atoms with Crippen LogP contribution in [0.4, 0.5) is 0 Å². The molecule has 0 heterocycles. The smallest absolute Gasteiger partial charge is 0.137 e. The third kappa shape index (κ3) is 3.58. The summed E-state index contributed by atoms with van der Waals surface area (Å²) >= 11 is 6.27. The van der Waals surface area contributed by atoms with Gasteiger partial charge in [0.2, 0.25) is 0 Å². The van der Waals surface area contributed by atoms with Gasteiger partial charge in [-0.15, -0.1) is 0 Å². The highest BCUT2D eigenvalue weighted by Crippen LogP contribution is 2.35. The molecule has 0 saturated heterocycles. The molecule has 2 nitrogen and oxygen atoms in total. The van der Waals surface area contributed by atoms with Crippen molar-refractivity contribution in [2.75, 3.05) is 14.2 Å². The van der Waals surface area contributed by atoms with Crippen molar-refractivity contribution in [2.24, 2.45) is 0 Å². The first-order valence-corrected chi connectivity index (χ1v) is 7.53. The monoisotopic (exact) mass is 304 g/mol. The fraction of sp³-hybridized carbons (Fsp3) is 0.333. The van der Waals surface area contributed by atoms with E-state index in [4.69, 9.17) is 21.1 Å². The Bertz CT molecular complexity index is 581. The molecule has 0 spiro atoms. The zero-order chi connectivity index (χ0) is 15.2. The second-order valence-corrected chi connectivity index (χ2v) is 5.37. The van der Waals surface area contributed by atoms with E-state index in [9.17, 15) is 0 Å². The average Bonchev–Trinajstić information content (AvgIpc) is 2.51. The normalized spacial score (nSPS) is 12.2. The second-order valence-electron chi connectivity index (χ2n) is 4.96. The van der Waals surface area contributed by atoms with Gasteiger partial charge in [-0.2, -0.15) is 0 Å². The summed E-state index contributed by atoms with van der Waals surface area (Å²) in [7, 11) is 3.36. The number of aryl methyl sites for hydroxylation is 1. The Morgan fingerprint density at radius 2 is 1.81 bits per heavy atom. The molecule has 0 bridgehead atoms. The van der Waals surface area contributed by atoms with E-state index < -0.39 is 0 Å². The predicted molar refractivity (Wildman–Crippen MR) is 87.3 cm³/mol. The van der Waals surface area contributed by atoms with E-state index in [-0.39, 0.29) is 6.10 Å². The van der Waals surface area contributed by atoms with Crippen LogP contribution in [0.3, 0.4) is 0 Å². The lowest BCUT2D eigenvalue weighted by Gasteiger charge is -2.21. The van der Waals surface area contributed by atoms with Crippen LogP contribution in [0, 0.1) is 0 Å². The fourth-order valence-electron chi connectivity index (χ4n) is 2.57. The van der Waals surface area contributed by atoms with Crippen LogP contribution < -0.4 is 4.74 Å². The molecular formula is C18H21ClO2. The van der Waals surface area contributed by atoms with E-state index in [0.717, 1.165) is 24.0 Å². The van der Waals surface area contributed by atoms with Crippen molar-refractivity contribution in [3.05, 3.63) is 64.2 Å². The van der Waals surface area contributed by atoms with Crippen LogP contribution in [0.1, 0.15) is 36.1 Å². The average molecular weight is 305 g/mol. The first-order chi connectivity index (χ1) is 10.2. The van der Waals surface area contributed by atoms with Gasteiger partial charge in [-0.3, -0.25) is 0 Å². The summed E-state index contributed by atoms with van der Waals surface area (Å²) in [5.41, 5.74) is 3.45. The van der Waals surface area contributed by atoms with E-state index in [2.05, 4.69) is 19.1 Å². The van der Waals surface area contributed by atoms with Crippen molar-refractivity contribution in [2.45, 2.75) is 25.9 Å². The number of benzene rings is 2. The number of methoxy groups -OCH3 is 2. The van der Waals surface area contributed by atoms with Gasteiger partial charge in [0, 0.05) is 7.11 Å². The van der Waals surface area contributed by atoms with Crippen LogP contribution in [0.25, 0.3) is 0 Å². The molecule has 0 aromatic heterocycles. The largest absolute Gasteiger partial charge is 0.495 e. The minimum atomic E-state index is -0.112. The van der Waals surface area contributed by atoms with Gasteiger partial charge in [0.1, 0.15) is 11.9 Å². The van der Waals surface area contributed by atoms with Crippen molar-refractivity contribution >= 4 is 11.6 Å². The maximum absolute atomic E-state index is 6.27. The van der Waals surface area contributed by atoms with Crippen molar-refractivity contribution in [3.63, 3.8) is 0 Å². The molecule has 0 saturated carbocycles. The summed E-state index contributed by atoms with van der Waals surface area (Å²) in [6.45, 7) is 2.16. The van der Waals surface area contributed by atoms with E-state index in [1.54, 1.807) is 14.2 Å². The van der Waals surface area contributed by atoms with Gasteiger partial charge in [-0.25, -0.2) is 0 Å². The Balaban J connectivity index is 2.53. The molecular weight excluding hydrogens is 284 g/mol. The summed E-state index contributed by atoms with van der Waals surface area (Å²) in [5, 5.41) is 0.646. The topological polar surface area (TPSA) is 18.5 Å². The Kier molecular flexibility index (Phi) is 5.66. The van der Waals surface area contributed by atoms with Crippen molar-refractivity contribution in [1.29, 1.82) is 0 Å². The molecule has 21 heavy (non-hydrogen) atoms. The molecule has 0 aliphatic carbocycles. The van der Waals surface area contributed by atoms with Gasteiger partial charge in [0.15, 0.2) is 0 Å². The SMILES string of the molecule is CCCc1cc(Cl)c(OC)cc1C(OC)c1ccccc1. The van der Waals surface area contributed by atoms with Gasteiger partial charge < -0.3 is 9.47 Å². The molecule has 3 heteroatoms. The van der Waals surface area contributed by atoms with Gasteiger partial charge in [0.25, 0.3) is 0 Å². The summed E-state index contributed by atoms with van der Waals surface area (Å²) in [5.74, 6) is 0.685. The minimum absolute atomic E-state index is 0.112. The van der Waals surface area contributed by atoms with Crippen molar-refractivity contribution in [3.8, 4) is 5.75 Å². The quantitative estimate of drug-likeness (QED) is 0.744. The van der Waals surface area contributed by atoms with Crippen LogP contribution in [0.15, 0.2) is 42.5 Å². The van der Waals surface area contributed by atoms with Crippen LogP contribution in [-0.2, 0) is 11.2 Å². The minimum Gasteiger partial charge on any atom is -0.495 e. The van der Waals surface area contributed by atoms with Gasteiger partial charge in [-0.1, -0.05) is 55.3 Å². The lowest BCUT2D eigenvalue weighted by molar-refractivity contribution is 0.135. The van der Waals surface area contributed by atoms with Crippen molar-refractivity contribution < 1.29 is 9.47 Å². The number of halogens is 1. The van der Waals surface area contributed by atoms with Crippen LogP contribution in [0.5, 0.6) is 5.75 Å². The lowest BCUT2D eigenvalue weighted by atomic mass is 9.94. The maximum Gasteiger partial charge on any atom is 0.137 e. The molecule has 0 aliphatic rings. The number of rotatable bonds is 6. The highest BCUT2D eigenvalue weighted by Gasteiger charge is 2.19. The highest BCUT2D eigenvalue weighted by atomic mass is 35.5. The molecule has 2 aromatic rings. The fourth-order valence-corrected chi connectivity index (χ4v) is 2.83. The van der Waals surface area contributed by atoms with E-state index >= 15 is 0 Å². The first-order valence-electron chi connectivity index (χ1n) is 7.15. The molecule has 0 amide bonds. The standard InChI is InChI=1S/C18H21ClO2/c1-4-8-14-11-16(19)17(20-2)12-15(14)18(21-3)13-9-6-5-7-10-13/h5-7,9-12,18H,4,8H2,1-3H3. The van der Waals surface area contributed by atoms with Gasteiger partial charge in [-0.05, 0) is 35.2 Å². The maximum atomic E-state index is 6.27. The number of hydrogen-bond acceptors (Lipinski definition) is 2. The third-order valence-corrected chi connectivity index (χ3v) is 3.85. The lowest BCUT2D eigenvalue weighted by Crippen LogP contribution is -2.07. The molecule has 112 valence electrons. The molecule has 1 atom stereocenters. The zero-order valence-electron chi connectivity index (χ0n) is 12.7. The molecule has 0 radical (unpaired) electrons. The third-order valence-electron chi connectivity index (χ3n) is 3.55. The molecule has 2 rings (SSSR count). The Hall–Kier alpha value is -1.51. The Morgan fingerprint density at radius 3 is 2.38 bits per heavy atom. The summed E-state index contributed by atoms with van der Waals surface area (Å²) < 4.78 is 11.1. The summed E-state index contributed by atoms with van der Waals surface area (Å²) in [6, 6.07) is 14.2. The van der Waals surface area contributed by atoms with Crippen LogP contribution in [0.2, 0.25) is 5.02 Å². The second kappa shape index (κ2) is 7.48. The first kappa shape index (κ1) is 15.9. The molecule has 0 aliphatic heterocycles. The van der Waals surface area contributed by atoms with E-state index in [1.807, 2.05) is 30.3 Å². The van der Waals surface area contributed by atoms with Gasteiger partial charge >= 0.3 is 0 Å². The Morgan fingerprint density at radius 1 is 1.10 bits per heavy atom. The number of hydrogen-bond donors (Lipinski definition) is 0. The molecule has 2 aromatic carbocycles. The highest BCUT2D eigenvalue weighted by molar-refractivity contribution is 6.32.